The summed E-state index contributed by atoms with van der Waals surface area (Å²) in [5.74, 6) is 1.000. The van der Waals surface area contributed by atoms with E-state index >= 15 is 0 Å². The van der Waals surface area contributed by atoms with E-state index in [4.69, 9.17) is 10.5 Å². The van der Waals surface area contributed by atoms with Crippen molar-refractivity contribution in [3.05, 3.63) is 29.8 Å². The van der Waals surface area contributed by atoms with Crippen molar-refractivity contribution in [1.29, 1.82) is 0 Å². The molecule has 2 N–H and O–H groups in total. The molecule has 0 amide bonds. The first-order chi connectivity index (χ1) is 9.24. The molecular formula is C15H25N3O. The van der Waals surface area contributed by atoms with Crippen LogP contribution in [-0.2, 0) is 6.54 Å². The Balaban J connectivity index is 2.07. The Morgan fingerprint density at radius 3 is 2.84 bits per heavy atom. The maximum absolute atomic E-state index is 5.91. The Hall–Kier alpha value is -1.10. The highest BCUT2D eigenvalue weighted by Gasteiger charge is 2.24. The molecule has 0 aromatic heterocycles. The lowest BCUT2D eigenvalue weighted by Gasteiger charge is -2.39. The van der Waals surface area contributed by atoms with E-state index < -0.39 is 0 Å². The highest BCUT2D eigenvalue weighted by atomic mass is 16.5. The smallest absolute Gasteiger partial charge is 0.123 e. The number of nitrogens with two attached hydrogens (primary N) is 1. The van der Waals surface area contributed by atoms with Crippen LogP contribution in [0.3, 0.4) is 0 Å². The molecule has 1 aromatic carbocycles. The predicted octanol–water partition coefficient (Wildman–Crippen LogP) is 1.16. The third kappa shape index (κ3) is 3.69. The van der Waals surface area contributed by atoms with Gasteiger partial charge in [0.1, 0.15) is 5.75 Å². The van der Waals surface area contributed by atoms with Crippen LogP contribution in [0.2, 0.25) is 0 Å². The minimum Gasteiger partial charge on any atom is -0.494 e. The fraction of sp³-hybridized carbons (Fsp3) is 0.600. The first-order valence-electron chi connectivity index (χ1n) is 7.08. The lowest BCUT2D eigenvalue weighted by atomic mass is 10.1. The zero-order valence-electron chi connectivity index (χ0n) is 12.0. The number of para-hydroxylation sites is 1. The number of likely N-dealkylation sites (N-methyl/N-ethyl adjacent to an activating group) is 1. The van der Waals surface area contributed by atoms with Gasteiger partial charge in [0.2, 0.25) is 0 Å². The van der Waals surface area contributed by atoms with Crippen molar-refractivity contribution in [3.8, 4) is 5.75 Å². The van der Waals surface area contributed by atoms with Crippen molar-refractivity contribution >= 4 is 0 Å². The molecule has 0 aliphatic carbocycles. The maximum Gasteiger partial charge on any atom is 0.123 e. The van der Waals surface area contributed by atoms with Gasteiger partial charge in [0.15, 0.2) is 0 Å². The fourth-order valence-electron chi connectivity index (χ4n) is 2.63. The van der Waals surface area contributed by atoms with Crippen LogP contribution >= 0.6 is 0 Å². The SMILES string of the molecule is CCOc1ccccc1CN1CCN(C)CC1CN. The minimum absolute atomic E-state index is 0.438. The van der Waals surface area contributed by atoms with E-state index in [9.17, 15) is 0 Å². The number of rotatable bonds is 5. The third-order valence-electron chi connectivity index (χ3n) is 3.73. The van der Waals surface area contributed by atoms with Crippen LogP contribution in [0.5, 0.6) is 5.75 Å². The summed E-state index contributed by atoms with van der Waals surface area (Å²) in [6, 6.07) is 8.74. The van der Waals surface area contributed by atoms with E-state index in [0.29, 0.717) is 19.2 Å². The summed E-state index contributed by atoms with van der Waals surface area (Å²) in [6.45, 7) is 7.59. The van der Waals surface area contributed by atoms with Crippen molar-refractivity contribution < 1.29 is 4.74 Å². The van der Waals surface area contributed by atoms with Crippen LogP contribution in [0.25, 0.3) is 0 Å². The number of nitrogens with zero attached hydrogens (tertiary/aromatic N) is 2. The first-order valence-corrected chi connectivity index (χ1v) is 7.08. The van der Waals surface area contributed by atoms with Crippen LogP contribution in [-0.4, -0.2) is 55.7 Å². The first kappa shape index (κ1) is 14.3. The quantitative estimate of drug-likeness (QED) is 0.865. The topological polar surface area (TPSA) is 41.7 Å². The van der Waals surface area contributed by atoms with Crippen molar-refractivity contribution in [2.75, 3.05) is 39.8 Å². The molecule has 1 saturated heterocycles. The molecule has 0 bridgehead atoms. The molecule has 0 saturated carbocycles. The van der Waals surface area contributed by atoms with Crippen LogP contribution in [0.15, 0.2) is 24.3 Å². The molecule has 0 radical (unpaired) electrons. The van der Waals surface area contributed by atoms with Gasteiger partial charge in [-0.1, -0.05) is 18.2 Å². The van der Waals surface area contributed by atoms with E-state index in [2.05, 4.69) is 29.0 Å². The average Bonchev–Trinajstić information content (AvgIpc) is 2.43. The van der Waals surface area contributed by atoms with Gasteiger partial charge in [-0.3, -0.25) is 4.90 Å². The van der Waals surface area contributed by atoms with Crippen LogP contribution < -0.4 is 10.5 Å². The van der Waals surface area contributed by atoms with E-state index in [1.54, 1.807) is 0 Å². The van der Waals surface area contributed by atoms with Crippen LogP contribution in [0, 0.1) is 0 Å². The lowest BCUT2D eigenvalue weighted by molar-refractivity contribution is 0.0872. The average molecular weight is 263 g/mol. The Labute approximate surface area is 116 Å². The van der Waals surface area contributed by atoms with E-state index in [-0.39, 0.29) is 0 Å². The summed E-state index contributed by atoms with van der Waals surface area (Å²) in [5.41, 5.74) is 7.16. The van der Waals surface area contributed by atoms with E-state index in [1.165, 1.54) is 5.56 Å². The molecule has 1 aliphatic rings. The van der Waals surface area contributed by atoms with Crippen LogP contribution in [0.4, 0.5) is 0 Å². The Bertz CT molecular complexity index is 397. The summed E-state index contributed by atoms with van der Waals surface area (Å²) in [4.78, 5) is 4.82. The van der Waals surface area contributed by atoms with Gasteiger partial charge >= 0.3 is 0 Å². The summed E-state index contributed by atoms with van der Waals surface area (Å²) in [5, 5.41) is 0. The third-order valence-corrected chi connectivity index (χ3v) is 3.73. The van der Waals surface area contributed by atoms with Crippen molar-refractivity contribution in [2.24, 2.45) is 5.73 Å². The van der Waals surface area contributed by atoms with Crippen molar-refractivity contribution in [2.45, 2.75) is 19.5 Å². The van der Waals surface area contributed by atoms with Gasteiger partial charge in [-0.05, 0) is 20.0 Å². The molecule has 1 unspecified atom stereocenters. The number of hydrogen-bond acceptors (Lipinski definition) is 4. The highest BCUT2D eigenvalue weighted by molar-refractivity contribution is 5.33. The maximum atomic E-state index is 5.91. The molecule has 1 aromatic rings. The van der Waals surface area contributed by atoms with Gasteiger partial charge < -0.3 is 15.4 Å². The highest BCUT2D eigenvalue weighted by Crippen LogP contribution is 2.21. The lowest BCUT2D eigenvalue weighted by Crippen LogP contribution is -2.54. The standard InChI is InChI=1S/C15H25N3O/c1-3-19-15-7-5-4-6-13(15)11-18-9-8-17(2)12-14(18)10-16/h4-7,14H,3,8-12,16H2,1-2H3. The summed E-state index contributed by atoms with van der Waals surface area (Å²) in [7, 11) is 2.16. The normalized spacial score (nSPS) is 21.5. The number of benzene rings is 1. The van der Waals surface area contributed by atoms with Crippen molar-refractivity contribution in [1.82, 2.24) is 9.80 Å². The molecule has 19 heavy (non-hydrogen) atoms. The molecule has 0 spiro atoms. The molecule has 1 atom stereocenters. The molecule has 4 nitrogen and oxygen atoms in total. The second kappa shape index (κ2) is 6.89. The predicted molar refractivity (Wildman–Crippen MR) is 78.4 cm³/mol. The summed E-state index contributed by atoms with van der Waals surface area (Å²) in [6.07, 6.45) is 0. The van der Waals surface area contributed by atoms with Gasteiger partial charge in [-0.2, -0.15) is 0 Å². The second-order valence-corrected chi connectivity index (χ2v) is 5.16. The Morgan fingerprint density at radius 2 is 2.11 bits per heavy atom. The zero-order chi connectivity index (χ0) is 13.7. The van der Waals surface area contributed by atoms with Crippen LogP contribution in [0.1, 0.15) is 12.5 Å². The Morgan fingerprint density at radius 1 is 1.32 bits per heavy atom. The minimum atomic E-state index is 0.438. The largest absolute Gasteiger partial charge is 0.494 e. The zero-order valence-corrected chi connectivity index (χ0v) is 12.0. The molecule has 2 rings (SSSR count). The molecule has 106 valence electrons. The van der Waals surface area contributed by atoms with Gasteiger partial charge in [0.05, 0.1) is 6.61 Å². The molecule has 4 heteroatoms. The fourth-order valence-corrected chi connectivity index (χ4v) is 2.63. The van der Waals surface area contributed by atoms with E-state index in [1.807, 2.05) is 19.1 Å². The number of ether oxygens (including phenoxy) is 1. The second-order valence-electron chi connectivity index (χ2n) is 5.16. The van der Waals surface area contributed by atoms with E-state index in [0.717, 1.165) is 31.9 Å². The van der Waals surface area contributed by atoms with Crippen molar-refractivity contribution in [3.63, 3.8) is 0 Å². The number of hydrogen-bond donors (Lipinski definition) is 1. The summed E-state index contributed by atoms with van der Waals surface area (Å²) < 4.78 is 5.70. The Kier molecular flexibility index (Phi) is 5.19. The molecule has 1 fully saturated rings. The molecule has 1 heterocycles. The molecular weight excluding hydrogens is 238 g/mol. The van der Waals surface area contributed by atoms with Gasteiger partial charge in [0, 0.05) is 44.3 Å². The van der Waals surface area contributed by atoms with Gasteiger partial charge in [-0.15, -0.1) is 0 Å². The summed E-state index contributed by atoms with van der Waals surface area (Å²) >= 11 is 0. The molecule has 1 aliphatic heterocycles. The van der Waals surface area contributed by atoms with Gasteiger partial charge in [0.25, 0.3) is 0 Å². The monoisotopic (exact) mass is 263 g/mol. The van der Waals surface area contributed by atoms with Gasteiger partial charge in [-0.25, -0.2) is 0 Å². The number of piperazine rings is 1.